The zero-order valence-corrected chi connectivity index (χ0v) is 13.3. The highest BCUT2D eigenvalue weighted by atomic mass is 16.3. The summed E-state index contributed by atoms with van der Waals surface area (Å²) < 4.78 is 5.48. The highest BCUT2D eigenvalue weighted by Crippen LogP contribution is 2.23. The molecule has 0 aliphatic carbocycles. The third kappa shape index (κ3) is 3.79. The lowest BCUT2D eigenvalue weighted by Gasteiger charge is -2.25. The van der Waals surface area contributed by atoms with E-state index >= 15 is 0 Å². The van der Waals surface area contributed by atoms with Crippen LogP contribution in [-0.4, -0.2) is 39.6 Å². The molecule has 122 valence electrons. The highest BCUT2D eigenvalue weighted by molar-refractivity contribution is 5.79. The number of likely N-dealkylation sites (tertiary alicyclic amines) is 1. The Balaban J connectivity index is 1.65. The number of aromatic nitrogens is 1. The van der Waals surface area contributed by atoms with Gasteiger partial charge in [-0.3, -0.25) is 4.79 Å². The zero-order valence-electron chi connectivity index (χ0n) is 13.3. The molecular weight excluding hydrogens is 292 g/mol. The van der Waals surface area contributed by atoms with Crippen molar-refractivity contribution in [1.29, 1.82) is 0 Å². The summed E-state index contributed by atoms with van der Waals surface area (Å²) in [5.74, 6) is 0.594. The molecule has 0 radical (unpaired) electrons. The van der Waals surface area contributed by atoms with Crippen LogP contribution >= 0.6 is 0 Å². The van der Waals surface area contributed by atoms with E-state index in [1.165, 1.54) is 0 Å². The number of hydrogen-bond acceptors (Lipinski definition) is 4. The third-order valence-electron chi connectivity index (χ3n) is 4.22. The van der Waals surface area contributed by atoms with Crippen molar-refractivity contribution < 1.29 is 14.3 Å². The second kappa shape index (κ2) is 6.96. The average molecular weight is 314 g/mol. The first-order valence-corrected chi connectivity index (χ1v) is 8.11. The van der Waals surface area contributed by atoms with Crippen LogP contribution in [-0.2, 0) is 11.2 Å². The van der Waals surface area contributed by atoms with Gasteiger partial charge in [0.25, 0.3) is 0 Å². The Kier molecular flexibility index (Phi) is 4.76. The fourth-order valence-corrected chi connectivity index (χ4v) is 3.16. The number of hydrogen-bond donors (Lipinski definition) is 1. The van der Waals surface area contributed by atoms with E-state index in [4.69, 9.17) is 4.42 Å². The van der Waals surface area contributed by atoms with Gasteiger partial charge in [0.2, 0.25) is 11.8 Å². The molecule has 2 atom stereocenters. The molecule has 1 aliphatic heterocycles. The van der Waals surface area contributed by atoms with Crippen LogP contribution in [0.4, 0.5) is 0 Å². The molecule has 0 bridgehead atoms. The molecule has 1 fully saturated rings. The monoisotopic (exact) mass is 314 g/mol. The lowest BCUT2D eigenvalue weighted by molar-refractivity contribution is -0.131. The molecule has 23 heavy (non-hydrogen) atoms. The smallest absolute Gasteiger partial charge is 0.228 e. The Hall–Kier alpha value is -2.14. The summed E-state index contributed by atoms with van der Waals surface area (Å²) in [6.45, 7) is 2.53. The maximum atomic E-state index is 12.5. The third-order valence-corrected chi connectivity index (χ3v) is 4.22. The highest BCUT2D eigenvalue weighted by Gasteiger charge is 2.29. The van der Waals surface area contributed by atoms with Crippen LogP contribution in [0.3, 0.4) is 0 Å². The van der Waals surface area contributed by atoms with Crippen molar-refractivity contribution in [2.24, 2.45) is 0 Å². The minimum Gasteiger partial charge on any atom is -0.444 e. The number of amides is 1. The van der Waals surface area contributed by atoms with Gasteiger partial charge in [0, 0.05) is 18.2 Å². The second-order valence-electron chi connectivity index (χ2n) is 6.15. The van der Waals surface area contributed by atoms with Gasteiger partial charge in [-0.1, -0.05) is 18.2 Å². The van der Waals surface area contributed by atoms with E-state index in [9.17, 15) is 9.90 Å². The van der Waals surface area contributed by atoms with Gasteiger partial charge in [0.05, 0.1) is 18.2 Å². The normalized spacial score (nSPS) is 19.0. The minimum atomic E-state index is -0.384. The molecule has 3 rings (SSSR count). The second-order valence-corrected chi connectivity index (χ2v) is 6.15. The molecule has 1 saturated heterocycles. The molecule has 2 heterocycles. The Morgan fingerprint density at radius 3 is 2.96 bits per heavy atom. The molecule has 1 N–H and O–H groups in total. The van der Waals surface area contributed by atoms with Crippen molar-refractivity contribution in [3.63, 3.8) is 0 Å². The van der Waals surface area contributed by atoms with Crippen LogP contribution in [0.1, 0.15) is 31.9 Å². The predicted octanol–water partition coefficient (Wildman–Crippen LogP) is 2.65. The van der Waals surface area contributed by atoms with E-state index in [2.05, 4.69) is 4.98 Å². The zero-order chi connectivity index (χ0) is 16.2. The number of aliphatic hydroxyl groups excluding tert-OH is 1. The fraction of sp³-hybridized carbons (Fsp3) is 0.444. The van der Waals surface area contributed by atoms with E-state index in [0.717, 1.165) is 24.9 Å². The molecule has 5 heteroatoms. The van der Waals surface area contributed by atoms with Crippen LogP contribution in [0.15, 0.2) is 41.0 Å². The Bertz CT molecular complexity index is 651. The van der Waals surface area contributed by atoms with Gasteiger partial charge in [-0.15, -0.1) is 0 Å². The van der Waals surface area contributed by atoms with Crippen LogP contribution in [0.25, 0.3) is 11.5 Å². The molecule has 1 aliphatic rings. The number of carbonyl (C=O) groups excluding carboxylic acids is 1. The standard InChI is InChI=1S/C18H22N2O3/c1-13(21)10-16-8-5-9-20(16)17(22)11-15-12-23-18(19-15)14-6-3-2-4-7-14/h2-4,6-7,12-13,16,21H,5,8-11H2,1H3. The van der Waals surface area contributed by atoms with Crippen molar-refractivity contribution in [3.8, 4) is 11.5 Å². The van der Waals surface area contributed by atoms with Crippen LogP contribution in [0, 0.1) is 0 Å². The van der Waals surface area contributed by atoms with Crippen molar-refractivity contribution in [2.45, 2.75) is 44.8 Å². The molecular formula is C18H22N2O3. The number of nitrogens with zero attached hydrogens (tertiary/aromatic N) is 2. The summed E-state index contributed by atoms with van der Waals surface area (Å²) in [5.41, 5.74) is 1.55. The van der Waals surface area contributed by atoms with Crippen molar-refractivity contribution in [2.75, 3.05) is 6.54 Å². The van der Waals surface area contributed by atoms with Gasteiger partial charge in [0.15, 0.2) is 0 Å². The topological polar surface area (TPSA) is 66.6 Å². The maximum absolute atomic E-state index is 12.5. The number of oxazole rings is 1. The van der Waals surface area contributed by atoms with E-state index in [1.54, 1.807) is 13.2 Å². The molecule has 0 spiro atoms. The first-order chi connectivity index (χ1) is 11.1. The largest absolute Gasteiger partial charge is 0.444 e. The van der Waals surface area contributed by atoms with Gasteiger partial charge in [-0.05, 0) is 38.3 Å². The van der Waals surface area contributed by atoms with E-state index in [0.29, 0.717) is 18.0 Å². The summed E-state index contributed by atoms with van der Waals surface area (Å²) in [4.78, 5) is 18.8. The number of benzene rings is 1. The van der Waals surface area contributed by atoms with Crippen LogP contribution in [0.2, 0.25) is 0 Å². The maximum Gasteiger partial charge on any atom is 0.228 e. The minimum absolute atomic E-state index is 0.0565. The van der Waals surface area contributed by atoms with Crippen LogP contribution < -0.4 is 0 Å². The number of carbonyl (C=O) groups is 1. The molecule has 5 nitrogen and oxygen atoms in total. The fourth-order valence-electron chi connectivity index (χ4n) is 3.16. The average Bonchev–Trinajstić information content (AvgIpc) is 3.17. The molecule has 2 unspecified atom stereocenters. The summed E-state index contributed by atoms with van der Waals surface area (Å²) in [7, 11) is 0. The van der Waals surface area contributed by atoms with E-state index in [-0.39, 0.29) is 24.5 Å². The number of aliphatic hydroxyl groups is 1. The van der Waals surface area contributed by atoms with Crippen molar-refractivity contribution in [3.05, 3.63) is 42.3 Å². The Morgan fingerprint density at radius 1 is 1.43 bits per heavy atom. The Labute approximate surface area is 135 Å². The summed E-state index contributed by atoms with van der Waals surface area (Å²) in [6, 6.07) is 9.78. The predicted molar refractivity (Wildman–Crippen MR) is 86.7 cm³/mol. The summed E-state index contributed by atoms with van der Waals surface area (Å²) in [6.07, 6.45) is 4.01. The molecule has 0 saturated carbocycles. The Morgan fingerprint density at radius 2 is 2.22 bits per heavy atom. The lowest BCUT2D eigenvalue weighted by Crippen LogP contribution is -2.38. The SMILES string of the molecule is CC(O)CC1CCCN1C(=O)Cc1coc(-c2ccccc2)n1. The molecule has 1 aromatic carbocycles. The van der Waals surface area contributed by atoms with Gasteiger partial charge in [-0.2, -0.15) is 0 Å². The van der Waals surface area contributed by atoms with Gasteiger partial charge < -0.3 is 14.4 Å². The van der Waals surface area contributed by atoms with Gasteiger partial charge in [-0.25, -0.2) is 4.98 Å². The first-order valence-electron chi connectivity index (χ1n) is 8.11. The molecule has 2 aromatic rings. The van der Waals surface area contributed by atoms with E-state index in [1.807, 2.05) is 35.2 Å². The summed E-state index contributed by atoms with van der Waals surface area (Å²) >= 11 is 0. The summed E-state index contributed by atoms with van der Waals surface area (Å²) in [5, 5.41) is 9.57. The molecule has 1 aromatic heterocycles. The van der Waals surface area contributed by atoms with Crippen molar-refractivity contribution in [1.82, 2.24) is 9.88 Å². The van der Waals surface area contributed by atoms with Gasteiger partial charge in [0.1, 0.15) is 6.26 Å². The molecule has 1 amide bonds. The quantitative estimate of drug-likeness (QED) is 0.921. The van der Waals surface area contributed by atoms with Crippen LogP contribution in [0.5, 0.6) is 0 Å². The van der Waals surface area contributed by atoms with E-state index < -0.39 is 0 Å². The van der Waals surface area contributed by atoms with Crippen molar-refractivity contribution >= 4 is 5.91 Å². The first kappa shape index (κ1) is 15.7. The number of rotatable bonds is 5. The lowest BCUT2D eigenvalue weighted by atomic mass is 10.1. The van der Waals surface area contributed by atoms with Gasteiger partial charge >= 0.3 is 0 Å².